The second-order valence-corrected chi connectivity index (χ2v) is 5.01. The molecule has 0 atom stereocenters. The summed E-state index contributed by atoms with van der Waals surface area (Å²) in [6.07, 6.45) is 1.39. The first-order chi connectivity index (χ1) is 10.0. The van der Waals surface area contributed by atoms with Crippen LogP contribution in [-0.2, 0) is 16.2 Å². The Morgan fingerprint density at radius 2 is 2.19 bits per heavy atom. The van der Waals surface area contributed by atoms with Crippen molar-refractivity contribution < 1.29 is 9.63 Å². The van der Waals surface area contributed by atoms with Gasteiger partial charge < -0.3 is 10.2 Å². The van der Waals surface area contributed by atoms with E-state index in [1.54, 1.807) is 25.2 Å². The van der Waals surface area contributed by atoms with Crippen molar-refractivity contribution in [3.8, 4) is 0 Å². The molecule has 0 saturated heterocycles. The molecule has 1 rings (SSSR count). The molecule has 0 heterocycles. The number of hydrogen-bond donors (Lipinski definition) is 3. The molecule has 0 bridgehead atoms. The predicted molar refractivity (Wildman–Crippen MR) is 87.3 cm³/mol. The van der Waals surface area contributed by atoms with Gasteiger partial charge in [-0.2, -0.15) is 0 Å². The zero-order valence-electron chi connectivity index (χ0n) is 11.2. The standard InChI is InChI=1S/C12H14Cl2N4O2S/c1-15-12(21)18-17-11(19)4-5-16-20-7-8-2-3-9(13)6-10(8)14/h2-3,5-6H,4,7H2,1H3,(H,17,19)(H2,15,18,21)/b16-5-. The average molecular weight is 349 g/mol. The highest BCUT2D eigenvalue weighted by molar-refractivity contribution is 7.80. The molecular weight excluding hydrogens is 335 g/mol. The molecule has 114 valence electrons. The first-order valence-electron chi connectivity index (χ1n) is 5.87. The summed E-state index contributed by atoms with van der Waals surface area (Å²) >= 11 is 16.5. The van der Waals surface area contributed by atoms with Crippen molar-refractivity contribution in [1.29, 1.82) is 0 Å². The van der Waals surface area contributed by atoms with E-state index in [9.17, 15) is 4.79 Å². The lowest BCUT2D eigenvalue weighted by Crippen LogP contribution is -2.45. The van der Waals surface area contributed by atoms with E-state index in [-0.39, 0.29) is 18.9 Å². The molecule has 0 aromatic heterocycles. The normalized spacial score (nSPS) is 10.2. The monoisotopic (exact) mass is 348 g/mol. The van der Waals surface area contributed by atoms with Crippen molar-refractivity contribution in [3.05, 3.63) is 33.8 Å². The average Bonchev–Trinajstić information content (AvgIpc) is 2.46. The first-order valence-corrected chi connectivity index (χ1v) is 7.03. The summed E-state index contributed by atoms with van der Waals surface area (Å²) in [6, 6.07) is 5.07. The van der Waals surface area contributed by atoms with Gasteiger partial charge in [-0.15, -0.1) is 0 Å². The van der Waals surface area contributed by atoms with Gasteiger partial charge in [0.1, 0.15) is 6.61 Å². The van der Waals surface area contributed by atoms with Crippen LogP contribution in [0.25, 0.3) is 0 Å². The molecule has 1 aromatic carbocycles. The van der Waals surface area contributed by atoms with E-state index in [0.717, 1.165) is 5.56 Å². The Hall–Kier alpha value is -1.57. The van der Waals surface area contributed by atoms with Crippen molar-refractivity contribution in [3.63, 3.8) is 0 Å². The van der Waals surface area contributed by atoms with Crippen LogP contribution in [0.4, 0.5) is 0 Å². The summed E-state index contributed by atoms with van der Waals surface area (Å²) in [7, 11) is 1.64. The maximum absolute atomic E-state index is 11.3. The van der Waals surface area contributed by atoms with Crippen LogP contribution in [0.5, 0.6) is 0 Å². The van der Waals surface area contributed by atoms with Gasteiger partial charge in [-0.3, -0.25) is 15.6 Å². The molecule has 0 radical (unpaired) electrons. The van der Waals surface area contributed by atoms with Crippen molar-refractivity contribution in [2.75, 3.05) is 7.05 Å². The summed E-state index contributed by atoms with van der Waals surface area (Å²) in [4.78, 5) is 16.4. The topological polar surface area (TPSA) is 74.8 Å². The largest absolute Gasteiger partial charge is 0.391 e. The molecule has 0 saturated carbocycles. The van der Waals surface area contributed by atoms with Crippen LogP contribution in [0.2, 0.25) is 10.0 Å². The van der Waals surface area contributed by atoms with E-state index < -0.39 is 0 Å². The third-order valence-corrected chi connectivity index (χ3v) is 3.10. The Balaban J connectivity index is 2.26. The highest BCUT2D eigenvalue weighted by Crippen LogP contribution is 2.21. The van der Waals surface area contributed by atoms with E-state index in [1.807, 2.05) is 0 Å². The molecule has 0 unspecified atom stereocenters. The minimum atomic E-state index is -0.301. The predicted octanol–water partition coefficient (Wildman–Crippen LogP) is 2.01. The molecule has 21 heavy (non-hydrogen) atoms. The molecule has 0 spiro atoms. The fraction of sp³-hybridized carbons (Fsp3) is 0.250. The summed E-state index contributed by atoms with van der Waals surface area (Å²) < 4.78 is 0. The van der Waals surface area contributed by atoms with Crippen molar-refractivity contribution in [2.45, 2.75) is 13.0 Å². The van der Waals surface area contributed by atoms with Crippen LogP contribution in [-0.4, -0.2) is 24.3 Å². The summed E-state index contributed by atoms with van der Waals surface area (Å²) in [5.74, 6) is -0.301. The molecule has 1 aromatic rings. The Morgan fingerprint density at radius 1 is 1.43 bits per heavy atom. The number of oxime groups is 1. The van der Waals surface area contributed by atoms with Gasteiger partial charge in [0, 0.05) is 22.7 Å². The van der Waals surface area contributed by atoms with Gasteiger partial charge in [-0.1, -0.05) is 34.4 Å². The quantitative estimate of drug-likeness (QED) is 0.431. The van der Waals surface area contributed by atoms with Crippen molar-refractivity contribution in [1.82, 2.24) is 16.2 Å². The highest BCUT2D eigenvalue weighted by Gasteiger charge is 2.01. The van der Waals surface area contributed by atoms with E-state index in [4.69, 9.17) is 40.3 Å². The summed E-state index contributed by atoms with van der Waals surface area (Å²) in [6.45, 7) is 0.191. The molecule has 3 N–H and O–H groups in total. The Labute approximate surface area is 137 Å². The molecule has 0 fully saturated rings. The Morgan fingerprint density at radius 3 is 2.86 bits per heavy atom. The Kier molecular flexibility index (Phi) is 7.81. The van der Waals surface area contributed by atoms with Gasteiger partial charge in [0.2, 0.25) is 5.91 Å². The van der Waals surface area contributed by atoms with Crippen LogP contribution in [0.1, 0.15) is 12.0 Å². The number of nitrogens with zero attached hydrogens (tertiary/aromatic N) is 1. The van der Waals surface area contributed by atoms with Gasteiger partial charge in [-0.25, -0.2) is 0 Å². The number of rotatable bonds is 5. The number of nitrogens with one attached hydrogen (secondary N) is 3. The third kappa shape index (κ3) is 7.12. The smallest absolute Gasteiger partial charge is 0.243 e. The number of carbonyl (C=O) groups is 1. The van der Waals surface area contributed by atoms with Crippen LogP contribution in [0.15, 0.2) is 23.4 Å². The first kappa shape index (κ1) is 17.5. The van der Waals surface area contributed by atoms with E-state index in [1.165, 1.54) is 6.21 Å². The second kappa shape index (κ2) is 9.38. The number of carbonyl (C=O) groups excluding carboxylic acids is 1. The fourth-order valence-corrected chi connectivity index (χ4v) is 1.67. The maximum Gasteiger partial charge on any atom is 0.243 e. The summed E-state index contributed by atoms with van der Waals surface area (Å²) in [5, 5.41) is 7.68. The molecule has 1 amide bonds. The molecule has 6 nitrogen and oxygen atoms in total. The van der Waals surface area contributed by atoms with E-state index in [0.29, 0.717) is 15.2 Å². The van der Waals surface area contributed by atoms with Crippen LogP contribution in [0.3, 0.4) is 0 Å². The summed E-state index contributed by atoms with van der Waals surface area (Å²) in [5.41, 5.74) is 5.64. The van der Waals surface area contributed by atoms with Gasteiger partial charge in [0.15, 0.2) is 5.11 Å². The van der Waals surface area contributed by atoms with Crippen molar-refractivity contribution >= 4 is 52.7 Å². The number of amides is 1. The van der Waals surface area contributed by atoms with Gasteiger partial charge >= 0.3 is 0 Å². The zero-order chi connectivity index (χ0) is 15.7. The lowest BCUT2D eigenvalue weighted by atomic mass is 10.2. The number of hydrazine groups is 1. The second-order valence-electron chi connectivity index (χ2n) is 3.75. The van der Waals surface area contributed by atoms with E-state index >= 15 is 0 Å². The number of benzene rings is 1. The lowest BCUT2D eigenvalue weighted by Gasteiger charge is -2.07. The minimum Gasteiger partial charge on any atom is -0.391 e. The van der Waals surface area contributed by atoms with Crippen molar-refractivity contribution in [2.24, 2.45) is 5.16 Å². The van der Waals surface area contributed by atoms with E-state index in [2.05, 4.69) is 21.3 Å². The van der Waals surface area contributed by atoms with Crippen LogP contribution >= 0.6 is 35.4 Å². The Bertz CT molecular complexity index is 540. The SMILES string of the molecule is CNC(=S)NNC(=O)C/C=N\OCc1ccc(Cl)cc1Cl. The minimum absolute atomic E-state index is 0.0493. The zero-order valence-corrected chi connectivity index (χ0v) is 13.5. The molecule has 0 aliphatic heterocycles. The third-order valence-electron chi connectivity index (χ3n) is 2.20. The number of halogens is 2. The molecule has 0 aliphatic carbocycles. The lowest BCUT2D eigenvalue weighted by molar-refractivity contribution is -0.120. The highest BCUT2D eigenvalue weighted by atomic mass is 35.5. The molecule has 9 heteroatoms. The maximum atomic E-state index is 11.3. The van der Waals surface area contributed by atoms with Crippen LogP contribution in [0, 0.1) is 0 Å². The van der Waals surface area contributed by atoms with Gasteiger partial charge in [-0.05, 0) is 24.4 Å². The van der Waals surface area contributed by atoms with Gasteiger partial charge in [0.25, 0.3) is 0 Å². The molecular formula is C12H14Cl2N4O2S. The van der Waals surface area contributed by atoms with Crippen LogP contribution < -0.4 is 16.2 Å². The molecule has 0 aliphatic rings. The number of thiocarbonyl (C=S) groups is 1. The number of hydrogen-bond acceptors (Lipinski definition) is 4. The van der Waals surface area contributed by atoms with Gasteiger partial charge in [0.05, 0.1) is 12.6 Å². The fourth-order valence-electron chi connectivity index (χ4n) is 1.16.